The molecule has 122 valence electrons. The molecule has 1 aliphatic rings. The van der Waals surface area contributed by atoms with Crippen LogP contribution in [-0.2, 0) is 4.79 Å². The largest absolute Gasteiger partial charge is 0.423 e. The summed E-state index contributed by atoms with van der Waals surface area (Å²) in [5.74, 6) is 0.0925. The van der Waals surface area contributed by atoms with Gasteiger partial charge in [0, 0.05) is 36.8 Å². The molecule has 2 nitrogen and oxygen atoms in total. The number of carbonyl (C=O) groups excluding carboxylic acids is 1. The summed E-state index contributed by atoms with van der Waals surface area (Å²) in [6, 6.07) is 22.2. The SMILES string of the molecule is C=CC(=O)Oc1ccccc1-c1cccc2c1Sc1ccccc1S2. The molecular formula is C21H14O2S2. The van der Waals surface area contributed by atoms with Crippen molar-refractivity contribution in [3.8, 4) is 16.9 Å². The Morgan fingerprint density at radius 3 is 2.24 bits per heavy atom. The molecule has 0 amide bonds. The summed E-state index contributed by atoms with van der Waals surface area (Å²) in [6.07, 6.45) is 1.18. The first-order valence-corrected chi connectivity index (χ1v) is 9.41. The molecular weight excluding hydrogens is 348 g/mol. The van der Waals surface area contributed by atoms with Gasteiger partial charge >= 0.3 is 5.97 Å². The zero-order valence-electron chi connectivity index (χ0n) is 13.3. The molecule has 0 unspecified atom stereocenters. The van der Waals surface area contributed by atoms with E-state index < -0.39 is 5.97 Å². The van der Waals surface area contributed by atoms with Crippen molar-refractivity contribution in [3.05, 3.63) is 79.4 Å². The van der Waals surface area contributed by atoms with E-state index in [1.807, 2.05) is 30.3 Å². The molecule has 0 radical (unpaired) electrons. The van der Waals surface area contributed by atoms with Gasteiger partial charge in [-0.25, -0.2) is 4.79 Å². The number of carbonyl (C=O) groups is 1. The predicted octanol–water partition coefficient (Wildman–Crippen LogP) is 6.06. The fraction of sp³-hybridized carbons (Fsp3) is 0. The lowest BCUT2D eigenvalue weighted by atomic mass is 10.0. The van der Waals surface area contributed by atoms with Gasteiger partial charge in [-0.05, 0) is 24.3 Å². The minimum absolute atomic E-state index is 0.454. The molecule has 25 heavy (non-hydrogen) atoms. The van der Waals surface area contributed by atoms with Gasteiger partial charge in [-0.15, -0.1) is 0 Å². The van der Waals surface area contributed by atoms with Gasteiger partial charge < -0.3 is 4.74 Å². The second-order valence-electron chi connectivity index (χ2n) is 5.41. The monoisotopic (exact) mass is 362 g/mol. The smallest absolute Gasteiger partial charge is 0.335 e. The first kappa shape index (κ1) is 16.1. The summed E-state index contributed by atoms with van der Waals surface area (Å²) in [7, 11) is 0. The Hall–Kier alpha value is -2.43. The van der Waals surface area contributed by atoms with E-state index >= 15 is 0 Å². The van der Waals surface area contributed by atoms with E-state index in [0.29, 0.717) is 5.75 Å². The topological polar surface area (TPSA) is 26.3 Å². The van der Waals surface area contributed by atoms with Gasteiger partial charge in [-0.1, -0.05) is 72.6 Å². The average Bonchev–Trinajstić information content (AvgIpc) is 2.66. The van der Waals surface area contributed by atoms with Gasteiger partial charge in [-0.3, -0.25) is 0 Å². The van der Waals surface area contributed by atoms with Crippen molar-refractivity contribution in [2.45, 2.75) is 19.6 Å². The van der Waals surface area contributed by atoms with Gasteiger partial charge in [0.15, 0.2) is 0 Å². The van der Waals surface area contributed by atoms with Crippen LogP contribution in [0.15, 0.2) is 99.0 Å². The molecule has 3 aromatic carbocycles. The van der Waals surface area contributed by atoms with Crippen molar-refractivity contribution in [1.82, 2.24) is 0 Å². The molecule has 1 aliphatic heterocycles. The third kappa shape index (κ3) is 3.11. The molecule has 3 aromatic rings. The van der Waals surface area contributed by atoms with Crippen molar-refractivity contribution < 1.29 is 9.53 Å². The molecule has 0 saturated heterocycles. The molecule has 4 rings (SSSR count). The van der Waals surface area contributed by atoms with Gasteiger partial charge in [0.05, 0.1) is 0 Å². The third-order valence-electron chi connectivity index (χ3n) is 3.81. The van der Waals surface area contributed by atoms with Crippen LogP contribution in [0.4, 0.5) is 0 Å². The second kappa shape index (κ2) is 6.82. The maximum Gasteiger partial charge on any atom is 0.335 e. The minimum atomic E-state index is -0.454. The summed E-state index contributed by atoms with van der Waals surface area (Å²) in [5, 5.41) is 0. The fourth-order valence-corrected chi connectivity index (χ4v) is 5.08. The summed E-state index contributed by atoms with van der Waals surface area (Å²) in [6.45, 7) is 3.47. The molecule has 4 heteroatoms. The predicted molar refractivity (Wildman–Crippen MR) is 102 cm³/mol. The number of hydrogen-bond acceptors (Lipinski definition) is 4. The molecule has 0 spiro atoms. The highest BCUT2D eigenvalue weighted by Crippen LogP contribution is 2.52. The van der Waals surface area contributed by atoms with Crippen LogP contribution in [0.3, 0.4) is 0 Å². The van der Waals surface area contributed by atoms with Crippen LogP contribution in [0.1, 0.15) is 0 Å². The number of rotatable bonds is 3. The van der Waals surface area contributed by atoms with E-state index in [1.54, 1.807) is 23.5 Å². The van der Waals surface area contributed by atoms with Crippen LogP contribution in [0.5, 0.6) is 5.75 Å². The van der Waals surface area contributed by atoms with Crippen LogP contribution in [-0.4, -0.2) is 5.97 Å². The van der Waals surface area contributed by atoms with Crippen LogP contribution >= 0.6 is 23.5 Å². The van der Waals surface area contributed by atoms with Crippen molar-refractivity contribution in [2.24, 2.45) is 0 Å². The fourth-order valence-electron chi connectivity index (χ4n) is 2.69. The molecule has 0 bridgehead atoms. The van der Waals surface area contributed by atoms with Crippen LogP contribution in [0, 0.1) is 0 Å². The quantitative estimate of drug-likeness (QED) is 0.251. The van der Waals surface area contributed by atoms with E-state index in [2.05, 4.69) is 43.0 Å². The molecule has 0 N–H and O–H groups in total. The van der Waals surface area contributed by atoms with Gasteiger partial charge in [0.25, 0.3) is 0 Å². The number of benzene rings is 3. The summed E-state index contributed by atoms with van der Waals surface area (Å²) < 4.78 is 5.44. The summed E-state index contributed by atoms with van der Waals surface area (Å²) >= 11 is 3.53. The van der Waals surface area contributed by atoms with E-state index in [-0.39, 0.29) is 0 Å². The van der Waals surface area contributed by atoms with Gasteiger partial charge in [-0.2, -0.15) is 0 Å². The average molecular weight is 362 g/mol. The Morgan fingerprint density at radius 2 is 1.44 bits per heavy atom. The van der Waals surface area contributed by atoms with Crippen molar-refractivity contribution in [3.63, 3.8) is 0 Å². The third-order valence-corrected chi connectivity index (χ3v) is 6.43. The molecule has 0 aliphatic carbocycles. The summed E-state index contributed by atoms with van der Waals surface area (Å²) in [4.78, 5) is 16.6. The lowest BCUT2D eigenvalue weighted by Gasteiger charge is -2.21. The van der Waals surface area contributed by atoms with E-state index in [9.17, 15) is 4.79 Å². The Labute approximate surface area is 154 Å². The highest BCUT2D eigenvalue weighted by atomic mass is 32.2. The van der Waals surface area contributed by atoms with Crippen LogP contribution in [0.2, 0.25) is 0 Å². The zero-order chi connectivity index (χ0) is 17.2. The van der Waals surface area contributed by atoms with Crippen LogP contribution < -0.4 is 4.74 Å². The maximum atomic E-state index is 11.7. The zero-order valence-corrected chi connectivity index (χ0v) is 14.9. The first-order chi connectivity index (χ1) is 12.3. The minimum Gasteiger partial charge on any atom is -0.423 e. The molecule has 0 atom stereocenters. The Bertz CT molecular complexity index is 979. The normalized spacial score (nSPS) is 12.0. The highest BCUT2D eigenvalue weighted by molar-refractivity contribution is 8.05. The number of ether oxygens (including phenoxy) is 1. The van der Waals surface area contributed by atoms with E-state index in [1.165, 1.54) is 25.7 Å². The molecule has 0 aromatic heterocycles. The van der Waals surface area contributed by atoms with Crippen LogP contribution in [0.25, 0.3) is 11.1 Å². The second-order valence-corrected chi connectivity index (χ2v) is 7.54. The molecule has 1 heterocycles. The lowest BCUT2D eigenvalue weighted by Crippen LogP contribution is -2.04. The van der Waals surface area contributed by atoms with Crippen molar-refractivity contribution in [2.75, 3.05) is 0 Å². The maximum absolute atomic E-state index is 11.7. The highest BCUT2D eigenvalue weighted by Gasteiger charge is 2.21. The Morgan fingerprint density at radius 1 is 0.800 bits per heavy atom. The standard InChI is InChI=1S/C21H14O2S2/c1-2-20(22)23-16-10-4-3-8-14(16)15-9-7-13-19-21(15)25-18-12-6-5-11-17(18)24-19/h2-13H,1H2. The lowest BCUT2D eigenvalue weighted by molar-refractivity contribution is -0.128. The first-order valence-electron chi connectivity index (χ1n) is 7.77. The van der Waals surface area contributed by atoms with Crippen molar-refractivity contribution >= 4 is 29.5 Å². The van der Waals surface area contributed by atoms with E-state index in [4.69, 9.17) is 4.74 Å². The summed E-state index contributed by atoms with van der Waals surface area (Å²) in [5.41, 5.74) is 1.97. The molecule has 0 fully saturated rings. The van der Waals surface area contributed by atoms with Gasteiger partial charge in [0.1, 0.15) is 5.75 Å². The Kier molecular flexibility index (Phi) is 4.38. The number of esters is 1. The Balaban J connectivity index is 1.82. The molecule has 0 saturated carbocycles. The number of hydrogen-bond donors (Lipinski definition) is 0. The van der Waals surface area contributed by atoms with E-state index in [0.717, 1.165) is 11.1 Å². The number of fused-ring (bicyclic) bond motifs is 2. The number of para-hydroxylation sites is 1. The van der Waals surface area contributed by atoms with Crippen molar-refractivity contribution in [1.29, 1.82) is 0 Å². The van der Waals surface area contributed by atoms with Gasteiger partial charge in [0.2, 0.25) is 0 Å².